The Bertz CT molecular complexity index is 622. The third-order valence-electron chi connectivity index (χ3n) is 2.63. The molecule has 0 bridgehead atoms. The molecule has 1 aromatic carbocycles. The van der Waals surface area contributed by atoms with Crippen molar-refractivity contribution in [3.05, 3.63) is 23.4 Å². The molecule has 94 valence electrons. The molecule has 2 aromatic rings. The van der Waals surface area contributed by atoms with Crippen LogP contribution in [0.1, 0.15) is 13.8 Å². The summed E-state index contributed by atoms with van der Waals surface area (Å²) in [5, 5.41) is 4.14. The number of nitrogens with two attached hydrogens (primary N) is 1. The highest BCUT2D eigenvalue weighted by Gasteiger charge is 2.32. The number of nitrogens with zero attached hydrogens (tertiary/aromatic N) is 1. The van der Waals surface area contributed by atoms with Crippen molar-refractivity contribution in [2.24, 2.45) is 0 Å². The highest BCUT2D eigenvalue weighted by molar-refractivity contribution is 6.33. The van der Waals surface area contributed by atoms with Crippen LogP contribution in [0, 0.1) is 0 Å². The van der Waals surface area contributed by atoms with Crippen molar-refractivity contribution < 1.29 is 14.0 Å². The van der Waals surface area contributed by atoms with Gasteiger partial charge in [-0.25, -0.2) is 0 Å². The predicted octanol–water partition coefficient (Wildman–Crippen LogP) is 3.08. The summed E-state index contributed by atoms with van der Waals surface area (Å²) in [4.78, 5) is 0. The summed E-state index contributed by atoms with van der Waals surface area (Å²) >= 11 is 6.20. The number of fused-ring (bicyclic) bond motifs is 1. The molecule has 0 atom stereocenters. The fraction of sp³-hybridized carbons (Fsp3) is 0.250. The van der Waals surface area contributed by atoms with Crippen LogP contribution >= 0.6 is 11.6 Å². The van der Waals surface area contributed by atoms with Gasteiger partial charge in [0.2, 0.25) is 11.7 Å². The molecule has 0 unspecified atom stereocenters. The summed E-state index contributed by atoms with van der Waals surface area (Å²) in [6.45, 7) is 3.66. The average molecular weight is 267 g/mol. The average Bonchev–Trinajstić information content (AvgIpc) is 2.79. The number of nitrogen functional groups attached to an aromatic ring is 1. The lowest BCUT2D eigenvalue weighted by Crippen LogP contribution is -2.29. The second-order valence-corrected chi connectivity index (χ2v) is 4.89. The van der Waals surface area contributed by atoms with Crippen molar-refractivity contribution in [1.82, 2.24) is 5.16 Å². The molecule has 0 saturated heterocycles. The van der Waals surface area contributed by atoms with Crippen LogP contribution in [0.3, 0.4) is 0 Å². The number of hydrogen-bond acceptors (Lipinski definition) is 5. The molecule has 0 saturated carbocycles. The van der Waals surface area contributed by atoms with Crippen LogP contribution < -0.4 is 15.2 Å². The van der Waals surface area contributed by atoms with Crippen LogP contribution in [-0.2, 0) is 0 Å². The van der Waals surface area contributed by atoms with Crippen molar-refractivity contribution in [1.29, 1.82) is 0 Å². The Morgan fingerprint density at radius 1 is 1.17 bits per heavy atom. The Balaban J connectivity index is 2.13. The van der Waals surface area contributed by atoms with Crippen molar-refractivity contribution in [3.8, 4) is 22.6 Å². The van der Waals surface area contributed by atoms with Gasteiger partial charge < -0.3 is 19.7 Å². The summed E-state index contributed by atoms with van der Waals surface area (Å²) in [6.07, 6.45) is 1.52. The molecule has 3 rings (SSSR count). The van der Waals surface area contributed by atoms with E-state index in [0.717, 1.165) is 0 Å². The molecular formula is C12H11ClN2O3. The first kappa shape index (κ1) is 11.2. The number of anilines is 1. The minimum atomic E-state index is -0.690. The highest BCUT2D eigenvalue weighted by Crippen LogP contribution is 2.45. The summed E-state index contributed by atoms with van der Waals surface area (Å²) in [7, 11) is 0. The molecule has 0 spiro atoms. The summed E-state index contributed by atoms with van der Waals surface area (Å²) in [5.41, 5.74) is 7.02. The van der Waals surface area contributed by atoms with E-state index in [0.29, 0.717) is 27.6 Å². The van der Waals surface area contributed by atoms with Gasteiger partial charge in [0.25, 0.3) is 0 Å². The largest absolute Gasteiger partial charge is 0.449 e. The molecule has 1 aliphatic rings. The topological polar surface area (TPSA) is 70.5 Å². The normalized spacial score (nSPS) is 15.9. The van der Waals surface area contributed by atoms with Gasteiger partial charge in [0.15, 0.2) is 11.5 Å². The van der Waals surface area contributed by atoms with Gasteiger partial charge in [-0.15, -0.1) is 0 Å². The van der Waals surface area contributed by atoms with Crippen molar-refractivity contribution in [3.63, 3.8) is 0 Å². The predicted molar refractivity (Wildman–Crippen MR) is 66.7 cm³/mol. The van der Waals surface area contributed by atoms with Gasteiger partial charge in [0.1, 0.15) is 0 Å². The Hall–Kier alpha value is -1.88. The van der Waals surface area contributed by atoms with Gasteiger partial charge in [0.05, 0.1) is 16.8 Å². The maximum atomic E-state index is 6.20. The first-order chi connectivity index (χ1) is 8.46. The molecule has 1 aliphatic heterocycles. The van der Waals surface area contributed by atoms with Gasteiger partial charge in [-0.2, -0.15) is 0 Å². The molecule has 18 heavy (non-hydrogen) atoms. The second kappa shape index (κ2) is 3.55. The summed E-state index contributed by atoms with van der Waals surface area (Å²) < 4.78 is 16.1. The first-order valence-corrected chi connectivity index (χ1v) is 5.76. The van der Waals surface area contributed by atoms with Crippen LogP contribution in [0.25, 0.3) is 11.1 Å². The smallest absolute Gasteiger partial charge is 0.246 e. The quantitative estimate of drug-likeness (QED) is 0.859. The molecule has 2 N–H and O–H groups in total. The molecule has 0 aliphatic carbocycles. The van der Waals surface area contributed by atoms with Crippen LogP contribution in [0.2, 0.25) is 5.02 Å². The fourth-order valence-electron chi connectivity index (χ4n) is 1.90. The van der Waals surface area contributed by atoms with Crippen molar-refractivity contribution in [2.75, 3.05) is 5.73 Å². The standard InChI is InChI=1S/C12H11ClN2O3/c1-12(2)16-9-3-6(7-5-15-18-11(7)14)8(13)4-10(9)17-12/h3-5H,14H2,1-2H3. The minimum absolute atomic E-state index is 0.218. The molecule has 5 nitrogen and oxygen atoms in total. The summed E-state index contributed by atoms with van der Waals surface area (Å²) in [6, 6.07) is 3.47. The Kier molecular flexibility index (Phi) is 2.22. The number of aromatic nitrogens is 1. The van der Waals surface area contributed by atoms with E-state index >= 15 is 0 Å². The number of ether oxygens (including phenoxy) is 2. The monoisotopic (exact) mass is 266 g/mol. The van der Waals surface area contributed by atoms with Gasteiger partial charge in [0, 0.05) is 25.5 Å². The fourth-order valence-corrected chi connectivity index (χ4v) is 2.16. The lowest BCUT2D eigenvalue weighted by atomic mass is 10.1. The molecule has 0 amide bonds. The molecule has 0 radical (unpaired) electrons. The van der Waals surface area contributed by atoms with E-state index in [1.54, 1.807) is 12.1 Å². The Labute approximate surface area is 108 Å². The zero-order valence-electron chi connectivity index (χ0n) is 9.86. The van der Waals surface area contributed by atoms with Crippen molar-refractivity contribution >= 4 is 17.5 Å². The molecule has 0 fully saturated rings. The maximum Gasteiger partial charge on any atom is 0.246 e. The third kappa shape index (κ3) is 1.67. The molecule has 2 heterocycles. The number of benzene rings is 1. The van der Waals surface area contributed by atoms with Gasteiger partial charge in [-0.3, -0.25) is 0 Å². The lowest BCUT2D eigenvalue weighted by molar-refractivity contribution is -0.0431. The van der Waals surface area contributed by atoms with Crippen LogP contribution in [0.5, 0.6) is 11.5 Å². The van der Waals surface area contributed by atoms with E-state index in [2.05, 4.69) is 5.16 Å². The van der Waals surface area contributed by atoms with E-state index in [9.17, 15) is 0 Å². The maximum absolute atomic E-state index is 6.20. The Morgan fingerprint density at radius 3 is 2.44 bits per heavy atom. The lowest BCUT2D eigenvalue weighted by Gasteiger charge is -2.16. The zero-order valence-corrected chi connectivity index (χ0v) is 10.6. The zero-order chi connectivity index (χ0) is 12.9. The minimum Gasteiger partial charge on any atom is -0.449 e. The third-order valence-corrected chi connectivity index (χ3v) is 2.95. The van der Waals surface area contributed by atoms with E-state index in [1.807, 2.05) is 13.8 Å². The number of hydrogen-bond donors (Lipinski definition) is 1. The second-order valence-electron chi connectivity index (χ2n) is 4.49. The van der Waals surface area contributed by atoms with Crippen molar-refractivity contribution in [2.45, 2.75) is 19.6 Å². The van der Waals surface area contributed by atoms with Gasteiger partial charge in [-0.1, -0.05) is 16.8 Å². The molecule has 1 aromatic heterocycles. The van der Waals surface area contributed by atoms with E-state index in [4.69, 9.17) is 31.3 Å². The van der Waals surface area contributed by atoms with Crippen LogP contribution in [-0.4, -0.2) is 10.9 Å². The summed E-state index contributed by atoms with van der Waals surface area (Å²) in [5.74, 6) is 0.767. The van der Waals surface area contributed by atoms with Crippen LogP contribution in [0.4, 0.5) is 5.88 Å². The SMILES string of the molecule is CC1(C)Oc2cc(Cl)c(-c3cnoc3N)cc2O1. The van der Waals surface area contributed by atoms with Crippen LogP contribution in [0.15, 0.2) is 22.9 Å². The van der Waals surface area contributed by atoms with E-state index in [1.165, 1.54) is 6.20 Å². The first-order valence-electron chi connectivity index (χ1n) is 5.38. The molecular weight excluding hydrogens is 256 g/mol. The molecule has 6 heteroatoms. The van der Waals surface area contributed by atoms with E-state index in [-0.39, 0.29) is 5.88 Å². The van der Waals surface area contributed by atoms with Gasteiger partial charge >= 0.3 is 0 Å². The van der Waals surface area contributed by atoms with E-state index < -0.39 is 5.79 Å². The Morgan fingerprint density at radius 2 is 1.83 bits per heavy atom. The number of rotatable bonds is 1. The number of halogens is 1. The van der Waals surface area contributed by atoms with Gasteiger partial charge in [-0.05, 0) is 6.07 Å². The highest BCUT2D eigenvalue weighted by atomic mass is 35.5.